The van der Waals surface area contributed by atoms with Gasteiger partial charge in [-0.15, -0.1) is 0 Å². The number of hydrogen-bond acceptors (Lipinski definition) is 3. The van der Waals surface area contributed by atoms with Crippen molar-refractivity contribution in [3.63, 3.8) is 0 Å². The molecule has 3 amide bonds. The molecule has 1 aliphatic heterocycles. The summed E-state index contributed by atoms with van der Waals surface area (Å²) in [5.74, 6) is -0.129. The molecule has 0 aromatic heterocycles. The van der Waals surface area contributed by atoms with Gasteiger partial charge in [0.15, 0.2) is 0 Å². The second-order valence-electron chi connectivity index (χ2n) is 5.61. The Kier molecular flexibility index (Phi) is 4.63. The summed E-state index contributed by atoms with van der Waals surface area (Å²) in [7, 11) is 1.65. The number of imide groups is 1. The Morgan fingerprint density at radius 2 is 2.00 bits per heavy atom. The Bertz CT molecular complexity index is 556. The van der Waals surface area contributed by atoms with Crippen molar-refractivity contribution < 1.29 is 9.59 Å². The topological polar surface area (TPSA) is 52.7 Å². The molecule has 1 saturated heterocycles. The van der Waals surface area contributed by atoms with E-state index in [1.807, 2.05) is 13.8 Å². The van der Waals surface area contributed by atoms with Gasteiger partial charge in [0.1, 0.15) is 6.54 Å². The number of benzene rings is 1. The van der Waals surface area contributed by atoms with Crippen LogP contribution in [0.1, 0.15) is 29.7 Å². The van der Waals surface area contributed by atoms with Crippen LogP contribution in [0, 0.1) is 13.8 Å². The van der Waals surface area contributed by atoms with Crippen molar-refractivity contribution in [2.24, 2.45) is 0 Å². The first-order chi connectivity index (χ1) is 9.93. The lowest BCUT2D eigenvalue weighted by Crippen LogP contribution is -2.39. The molecule has 114 valence electrons. The molecule has 1 fully saturated rings. The number of urea groups is 1. The monoisotopic (exact) mass is 289 g/mol. The SMILES string of the molecule is CCNC(CN1C(=O)CN(C)C1=O)c1cc(C)ccc1C. The molecule has 1 atom stereocenters. The Hall–Kier alpha value is -1.88. The van der Waals surface area contributed by atoms with Gasteiger partial charge in [-0.1, -0.05) is 30.7 Å². The Morgan fingerprint density at radius 3 is 2.57 bits per heavy atom. The summed E-state index contributed by atoms with van der Waals surface area (Å²) in [5.41, 5.74) is 3.49. The maximum Gasteiger partial charge on any atom is 0.327 e. The molecule has 1 heterocycles. The van der Waals surface area contributed by atoms with Crippen LogP contribution in [0.5, 0.6) is 0 Å². The molecule has 5 heteroatoms. The van der Waals surface area contributed by atoms with Gasteiger partial charge >= 0.3 is 6.03 Å². The van der Waals surface area contributed by atoms with Crippen LogP contribution < -0.4 is 5.32 Å². The highest BCUT2D eigenvalue weighted by Crippen LogP contribution is 2.22. The number of amides is 3. The highest BCUT2D eigenvalue weighted by atomic mass is 16.2. The minimum Gasteiger partial charge on any atom is -0.318 e. The van der Waals surface area contributed by atoms with Gasteiger partial charge in [-0.25, -0.2) is 4.79 Å². The molecule has 1 aromatic carbocycles. The van der Waals surface area contributed by atoms with Gasteiger partial charge in [-0.05, 0) is 31.5 Å². The molecule has 1 aromatic rings. The fraction of sp³-hybridized carbons (Fsp3) is 0.500. The molecule has 21 heavy (non-hydrogen) atoms. The van der Waals surface area contributed by atoms with E-state index < -0.39 is 0 Å². The summed E-state index contributed by atoms with van der Waals surface area (Å²) in [6.45, 7) is 7.46. The second-order valence-corrected chi connectivity index (χ2v) is 5.61. The predicted octanol–water partition coefficient (Wildman–Crippen LogP) is 1.85. The van der Waals surface area contributed by atoms with Crippen molar-refractivity contribution in [3.8, 4) is 0 Å². The minimum absolute atomic E-state index is 0.0331. The summed E-state index contributed by atoms with van der Waals surface area (Å²) in [5, 5.41) is 3.39. The van der Waals surface area contributed by atoms with Gasteiger partial charge in [-0.2, -0.15) is 0 Å². The van der Waals surface area contributed by atoms with Gasteiger partial charge in [0.05, 0.1) is 12.6 Å². The highest BCUT2D eigenvalue weighted by Gasteiger charge is 2.35. The fourth-order valence-electron chi connectivity index (χ4n) is 2.69. The molecule has 0 radical (unpaired) electrons. The zero-order chi connectivity index (χ0) is 15.6. The number of nitrogens with zero attached hydrogens (tertiary/aromatic N) is 2. The summed E-state index contributed by atoms with van der Waals surface area (Å²) in [6, 6.07) is 6.02. The predicted molar refractivity (Wildman–Crippen MR) is 82.1 cm³/mol. The second kappa shape index (κ2) is 6.26. The minimum atomic E-state index is -0.215. The number of rotatable bonds is 5. The first-order valence-corrected chi connectivity index (χ1v) is 7.30. The van der Waals surface area contributed by atoms with E-state index in [0.29, 0.717) is 6.54 Å². The third-order valence-electron chi connectivity index (χ3n) is 3.86. The van der Waals surface area contributed by atoms with Crippen molar-refractivity contribution in [3.05, 3.63) is 34.9 Å². The Morgan fingerprint density at radius 1 is 1.29 bits per heavy atom. The largest absolute Gasteiger partial charge is 0.327 e. The van der Waals surface area contributed by atoms with Crippen molar-refractivity contribution in [2.75, 3.05) is 26.7 Å². The molecular weight excluding hydrogens is 266 g/mol. The summed E-state index contributed by atoms with van der Waals surface area (Å²) >= 11 is 0. The lowest BCUT2D eigenvalue weighted by atomic mass is 9.98. The maximum absolute atomic E-state index is 12.0. The van der Waals surface area contributed by atoms with Gasteiger partial charge in [0.25, 0.3) is 0 Å². The van der Waals surface area contributed by atoms with Crippen LogP contribution in [0.15, 0.2) is 18.2 Å². The number of aryl methyl sites for hydroxylation is 2. The molecule has 0 bridgehead atoms. The number of nitrogens with one attached hydrogen (secondary N) is 1. The first kappa shape index (κ1) is 15.5. The molecule has 2 rings (SSSR count). The molecular formula is C16H23N3O2. The van der Waals surface area contributed by atoms with Gasteiger partial charge in [0, 0.05) is 7.05 Å². The molecule has 1 unspecified atom stereocenters. The zero-order valence-corrected chi connectivity index (χ0v) is 13.1. The van der Waals surface area contributed by atoms with Crippen LogP contribution in [0.4, 0.5) is 4.79 Å². The standard InChI is InChI=1S/C16H23N3O2/c1-5-17-14(13-8-11(2)6-7-12(13)3)9-19-15(20)10-18(4)16(19)21/h6-8,14,17H,5,9-10H2,1-4H3. The fourth-order valence-corrected chi connectivity index (χ4v) is 2.69. The third-order valence-corrected chi connectivity index (χ3v) is 3.86. The molecule has 1 N–H and O–H groups in total. The molecule has 5 nitrogen and oxygen atoms in total. The molecule has 0 saturated carbocycles. The van der Waals surface area contributed by atoms with Crippen LogP contribution in [-0.4, -0.2) is 48.4 Å². The average molecular weight is 289 g/mol. The van der Waals surface area contributed by atoms with E-state index in [9.17, 15) is 9.59 Å². The van der Waals surface area contributed by atoms with Gasteiger partial charge in [-0.3, -0.25) is 9.69 Å². The van der Waals surface area contributed by atoms with Gasteiger partial charge in [0.2, 0.25) is 5.91 Å². The molecule has 0 spiro atoms. The van der Waals surface area contributed by atoms with E-state index in [1.165, 1.54) is 20.9 Å². The van der Waals surface area contributed by atoms with Crippen LogP contribution >= 0.6 is 0 Å². The number of hydrogen-bond donors (Lipinski definition) is 1. The smallest absolute Gasteiger partial charge is 0.318 e. The molecule has 0 aliphatic carbocycles. The number of carbonyl (C=O) groups is 2. The third kappa shape index (κ3) is 3.24. The first-order valence-electron chi connectivity index (χ1n) is 7.30. The van der Waals surface area contributed by atoms with E-state index in [4.69, 9.17) is 0 Å². The van der Waals surface area contributed by atoms with Crippen LogP contribution in [-0.2, 0) is 4.79 Å². The van der Waals surface area contributed by atoms with Crippen LogP contribution in [0.3, 0.4) is 0 Å². The van der Waals surface area contributed by atoms with Crippen LogP contribution in [0.25, 0.3) is 0 Å². The summed E-state index contributed by atoms with van der Waals surface area (Å²) in [6.07, 6.45) is 0. The number of carbonyl (C=O) groups excluding carboxylic acids is 2. The van der Waals surface area contributed by atoms with E-state index in [2.05, 4.69) is 30.4 Å². The Balaban J connectivity index is 2.25. The average Bonchev–Trinajstić information content (AvgIpc) is 2.67. The van der Waals surface area contributed by atoms with Crippen LogP contribution in [0.2, 0.25) is 0 Å². The van der Waals surface area contributed by atoms with E-state index in [-0.39, 0.29) is 24.5 Å². The van der Waals surface area contributed by atoms with Crippen molar-refractivity contribution in [1.82, 2.24) is 15.1 Å². The Labute approximate surface area is 125 Å². The van der Waals surface area contributed by atoms with E-state index in [1.54, 1.807) is 7.05 Å². The lowest BCUT2D eigenvalue weighted by Gasteiger charge is -2.25. The quantitative estimate of drug-likeness (QED) is 0.842. The zero-order valence-electron chi connectivity index (χ0n) is 13.1. The molecule has 1 aliphatic rings. The van der Waals surface area contributed by atoms with Crippen molar-refractivity contribution in [2.45, 2.75) is 26.8 Å². The highest BCUT2D eigenvalue weighted by molar-refractivity contribution is 6.01. The van der Waals surface area contributed by atoms with Gasteiger partial charge < -0.3 is 10.2 Å². The normalized spacial score (nSPS) is 16.8. The summed E-state index contributed by atoms with van der Waals surface area (Å²) in [4.78, 5) is 26.8. The lowest BCUT2D eigenvalue weighted by molar-refractivity contribution is -0.125. The van der Waals surface area contributed by atoms with Crippen molar-refractivity contribution in [1.29, 1.82) is 0 Å². The number of likely N-dealkylation sites (N-methyl/N-ethyl adjacent to an activating group) is 2. The summed E-state index contributed by atoms with van der Waals surface area (Å²) < 4.78 is 0. The van der Waals surface area contributed by atoms with E-state index >= 15 is 0 Å². The van der Waals surface area contributed by atoms with Crippen molar-refractivity contribution >= 4 is 11.9 Å². The van der Waals surface area contributed by atoms with E-state index in [0.717, 1.165) is 12.1 Å². The maximum atomic E-state index is 12.0.